The largest absolute Gasteiger partial charge is 0.497 e. The zero-order chi connectivity index (χ0) is 23.2. The van der Waals surface area contributed by atoms with Gasteiger partial charge in [0, 0.05) is 41.7 Å². The molecule has 2 aromatic heterocycles. The predicted octanol–water partition coefficient (Wildman–Crippen LogP) is 5.53. The summed E-state index contributed by atoms with van der Waals surface area (Å²) in [5.74, 6) is -0.672. The molecule has 0 spiro atoms. The Labute approximate surface area is 183 Å². The maximum absolute atomic E-state index is 12.6. The quantitative estimate of drug-likeness (QED) is 0.501. The van der Waals surface area contributed by atoms with E-state index >= 15 is 0 Å². The highest BCUT2D eigenvalue weighted by Gasteiger charge is 2.45. The number of pyridine rings is 1. The molecule has 0 unspecified atom stereocenters. The van der Waals surface area contributed by atoms with Crippen LogP contribution in [-0.2, 0) is 28.1 Å². The van der Waals surface area contributed by atoms with Crippen molar-refractivity contribution in [2.75, 3.05) is 0 Å². The number of benzene rings is 1. The average molecular weight is 472 g/mol. The van der Waals surface area contributed by atoms with E-state index in [9.17, 15) is 21.6 Å². The summed E-state index contributed by atoms with van der Waals surface area (Å²) in [6.45, 7) is 6.18. The second-order valence-electron chi connectivity index (χ2n) is 8.26. The van der Waals surface area contributed by atoms with Crippen LogP contribution in [0.5, 0.6) is 0 Å². The Kier molecular flexibility index (Phi) is 5.96. The number of halogens is 4. The van der Waals surface area contributed by atoms with Crippen LogP contribution in [-0.4, -0.2) is 28.5 Å². The van der Waals surface area contributed by atoms with E-state index in [2.05, 4.69) is 30.7 Å². The van der Waals surface area contributed by atoms with Gasteiger partial charge in [-0.2, -0.15) is 13.2 Å². The van der Waals surface area contributed by atoms with Crippen LogP contribution in [0, 0.1) is 0 Å². The molecule has 0 saturated heterocycles. The first kappa shape index (κ1) is 23.3. The molecule has 0 atom stereocenters. The van der Waals surface area contributed by atoms with Gasteiger partial charge in [0.1, 0.15) is 5.82 Å². The number of nitrogens with zero attached hydrogens (tertiary/aromatic N) is 3. The van der Waals surface area contributed by atoms with Crippen molar-refractivity contribution in [3.8, 4) is 22.6 Å². The molecule has 0 aliphatic carbocycles. The topological polar surface area (TPSA) is 64.8 Å². The van der Waals surface area contributed by atoms with Crippen LogP contribution >= 0.6 is 11.6 Å². The maximum atomic E-state index is 12.6. The van der Waals surface area contributed by atoms with E-state index in [0.29, 0.717) is 17.1 Å². The number of hydrogen-bond acceptors (Lipinski definition) is 4. The lowest BCUT2D eigenvalue weighted by Gasteiger charge is -2.17. The molecule has 5 nitrogen and oxygen atoms in total. The molecule has 0 bridgehead atoms. The van der Waals surface area contributed by atoms with E-state index in [0.717, 1.165) is 11.3 Å². The Hall–Kier alpha value is -2.39. The van der Waals surface area contributed by atoms with Gasteiger partial charge in [-0.05, 0) is 29.8 Å². The monoisotopic (exact) mass is 471 g/mol. The fraction of sp³-hybridized carbons (Fsp3) is 0.333. The van der Waals surface area contributed by atoms with Gasteiger partial charge in [-0.3, -0.25) is 4.98 Å². The molecule has 3 aromatic rings. The van der Waals surface area contributed by atoms with E-state index in [1.54, 1.807) is 17.8 Å². The molecule has 0 radical (unpaired) electrons. The van der Waals surface area contributed by atoms with Crippen LogP contribution in [0.2, 0.25) is 5.02 Å². The highest BCUT2D eigenvalue weighted by Crippen LogP contribution is 2.33. The lowest BCUT2D eigenvalue weighted by Crippen LogP contribution is -2.24. The summed E-state index contributed by atoms with van der Waals surface area (Å²) >= 11 is 6.28. The molecule has 1 aromatic carbocycles. The Morgan fingerprint density at radius 2 is 1.77 bits per heavy atom. The van der Waals surface area contributed by atoms with Crippen molar-refractivity contribution in [1.29, 1.82) is 0 Å². The number of aromatic nitrogens is 3. The molecule has 0 fully saturated rings. The fourth-order valence-corrected chi connectivity index (χ4v) is 4.06. The van der Waals surface area contributed by atoms with Crippen LogP contribution < -0.4 is 0 Å². The van der Waals surface area contributed by atoms with E-state index in [-0.39, 0.29) is 16.0 Å². The van der Waals surface area contributed by atoms with Crippen molar-refractivity contribution < 1.29 is 21.6 Å². The molecule has 31 heavy (non-hydrogen) atoms. The Morgan fingerprint density at radius 1 is 1.10 bits per heavy atom. The zero-order valence-corrected chi connectivity index (χ0v) is 18.9. The van der Waals surface area contributed by atoms with E-state index in [1.807, 2.05) is 18.3 Å². The van der Waals surface area contributed by atoms with Gasteiger partial charge in [0.15, 0.2) is 0 Å². The minimum atomic E-state index is -5.32. The Morgan fingerprint density at radius 3 is 2.35 bits per heavy atom. The standard InChI is InChI=1S/C21H21ClF3N3O2S/c1-20(2,3)18-10-14(7-8-26-18)17-11-28(4)19(27-17)15-6-5-13(9-16(15)22)12-31(29,30)21(23,24)25/h5-11H,12H2,1-4H3. The molecule has 0 N–H and O–H groups in total. The lowest BCUT2D eigenvalue weighted by molar-refractivity contribution is -0.0437. The Balaban J connectivity index is 1.96. The first-order chi connectivity index (χ1) is 14.2. The molecule has 0 aliphatic heterocycles. The van der Waals surface area contributed by atoms with E-state index < -0.39 is 21.1 Å². The summed E-state index contributed by atoms with van der Waals surface area (Å²) in [5.41, 5.74) is -2.56. The van der Waals surface area contributed by atoms with Crippen molar-refractivity contribution in [3.05, 3.63) is 59.0 Å². The normalized spacial score (nSPS) is 12.9. The second kappa shape index (κ2) is 7.94. The van der Waals surface area contributed by atoms with Gasteiger partial charge in [0.2, 0.25) is 0 Å². The third-order valence-electron chi connectivity index (χ3n) is 4.68. The Bertz CT molecular complexity index is 1230. The molecule has 0 aliphatic rings. The van der Waals surface area contributed by atoms with Crippen molar-refractivity contribution >= 4 is 21.4 Å². The molecule has 10 heteroatoms. The van der Waals surface area contributed by atoms with Gasteiger partial charge in [-0.1, -0.05) is 38.4 Å². The summed E-state index contributed by atoms with van der Waals surface area (Å²) in [4.78, 5) is 9.04. The first-order valence-corrected chi connectivity index (χ1v) is 11.3. The lowest BCUT2D eigenvalue weighted by atomic mass is 9.90. The number of aryl methyl sites for hydroxylation is 1. The van der Waals surface area contributed by atoms with Crippen LogP contribution in [0.25, 0.3) is 22.6 Å². The highest BCUT2D eigenvalue weighted by atomic mass is 35.5. The minimum Gasteiger partial charge on any atom is -0.333 e. The molecule has 2 heterocycles. The van der Waals surface area contributed by atoms with Crippen molar-refractivity contribution in [3.63, 3.8) is 0 Å². The first-order valence-electron chi connectivity index (χ1n) is 9.27. The number of hydrogen-bond donors (Lipinski definition) is 0. The summed E-state index contributed by atoms with van der Waals surface area (Å²) in [6, 6.07) is 7.80. The van der Waals surface area contributed by atoms with Crippen LogP contribution in [0.4, 0.5) is 13.2 Å². The van der Waals surface area contributed by atoms with Crippen molar-refractivity contribution in [2.45, 2.75) is 37.4 Å². The molecule has 3 rings (SSSR count). The van der Waals surface area contributed by atoms with Gasteiger partial charge in [0.25, 0.3) is 9.84 Å². The number of alkyl halides is 3. The number of imidazole rings is 1. The minimum absolute atomic E-state index is 0.0514. The van der Waals surface area contributed by atoms with Crippen molar-refractivity contribution in [2.24, 2.45) is 7.05 Å². The van der Waals surface area contributed by atoms with E-state index in [4.69, 9.17) is 11.6 Å². The molecule has 0 amide bonds. The average Bonchev–Trinajstić information content (AvgIpc) is 3.01. The molecular weight excluding hydrogens is 451 g/mol. The summed E-state index contributed by atoms with van der Waals surface area (Å²) in [7, 11) is -3.51. The van der Waals surface area contributed by atoms with Crippen LogP contribution in [0.1, 0.15) is 32.0 Å². The summed E-state index contributed by atoms with van der Waals surface area (Å²) in [6.07, 6.45) is 3.53. The molecule has 0 saturated carbocycles. The van der Waals surface area contributed by atoms with Gasteiger partial charge in [0.05, 0.1) is 16.5 Å². The summed E-state index contributed by atoms with van der Waals surface area (Å²) < 4.78 is 62.5. The molecule has 166 valence electrons. The van der Waals surface area contributed by atoms with Crippen molar-refractivity contribution in [1.82, 2.24) is 14.5 Å². The van der Waals surface area contributed by atoms with Gasteiger partial charge in [-0.25, -0.2) is 13.4 Å². The van der Waals surface area contributed by atoms with Crippen LogP contribution in [0.15, 0.2) is 42.7 Å². The fourth-order valence-electron chi connectivity index (χ4n) is 2.99. The smallest absolute Gasteiger partial charge is 0.333 e. The second-order valence-corrected chi connectivity index (χ2v) is 10.6. The zero-order valence-electron chi connectivity index (χ0n) is 17.3. The van der Waals surface area contributed by atoms with Gasteiger partial charge >= 0.3 is 5.51 Å². The number of sulfone groups is 1. The third kappa shape index (κ3) is 4.93. The SMILES string of the molecule is Cn1cc(-c2ccnc(C(C)(C)C)c2)nc1-c1ccc(CS(=O)(=O)C(F)(F)F)cc1Cl. The van der Waals surface area contributed by atoms with Crippen LogP contribution in [0.3, 0.4) is 0 Å². The molecular formula is C21H21ClF3N3O2S. The number of rotatable bonds is 4. The van der Waals surface area contributed by atoms with Gasteiger partial charge in [-0.15, -0.1) is 0 Å². The third-order valence-corrected chi connectivity index (χ3v) is 6.42. The maximum Gasteiger partial charge on any atom is 0.497 e. The highest BCUT2D eigenvalue weighted by molar-refractivity contribution is 7.91. The van der Waals surface area contributed by atoms with Gasteiger partial charge < -0.3 is 4.57 Å². The summed E-state index contributed by atoms with van der Waals surface area (Å²) in [5, 5.41) is 0.111. The predicted molar refractivity (Wildman–Crippen MR) is 114 cm³/mol. The van der Waals surface area contributed by atoms with E-state index in [1.165, 1.54) is 18.2 Å².